The molecule has 11 atom stereocenters. The van der Waals surface area contributed by atoms with Gasteiger partial charge in [0.25, 0.3) is 0 Å². The van der Waals surface area contributed by atoms with Gasteiger partial charge in [0.15, 0.2) is 12.6 Å². The van der Waals surface area contributed by atoms with Crippen molar-refractivity contribution in [3.05, 3.63) is 0 Å². The molecule has 0 aromatic rings. The number of hydrogen-bond donors (Lipinski definition) is 7. The van der Waals surface area contributed by atoms with E-state index in [0.717, 1.165) is 19.3 Å². The fourth-order valence-corrected chi connectivity index (χ4v) is 4.53. The molecule has 0 aliphatic carbocycles. The molecule has 7 N–H and O–H groups in total. The third kappa shape index (κ3) is 8.82. The first-order valence-electron chi connectivity index (χ1n) is 13.0. The van der Waals surface area contributed by atoms with Gasteiger partial charge in [-0.15, -0.1) is 0 Å². The van der Waals surface area contributed by atoms with Crippen molar-refractivity contribution >= 4 is 0 Å². The van der Waals surface area contributed by atoms with Gasteiger partial charge < -0.3 is 54.7 Å². The fourth-order valence-electron chi connectivity index (χ4n) is 4.53. The zero-order valence-corrected chi connectivity index (χ0v) is 20.9. The van der Waals surface area contributed by atoms with Crippen LogP contribution >= 0.6 is 0 Å². The summed E-state index contributed by atoms with van der Waals surface area (Å²) in [6.45, 7) is 2.82. The molecular weight excluding hydrogens is 464 g/mol. The van der Waals surface area contributed by atoms with Crippen molar-refractivity contribution in [3.8, 4) is 0 Å². The van der Waals surface area contributed by atoms with Gasteiger partial charge in [-0.3, -0.25) is 0 Å². The minimum atomic E-state index is -1.70. The lowest BCUT2D eigenvalue weighted by Crippen LogP contribution is -2.64. The maximum absolute atomic E-state index is 10.7. The van der Waals surface area contributed by atoms with Gasteiger partial charge in [0.2, 0.25) is 0 Å². The highest BCUT2D eigenvalue weighted by Gasteiger charge is 2.50. The molecule has 35 heavy (non-hydrogen) atoms. The van der Waals surface area contributed by atoms with Crippen LogP contribution in [0.2, 0.25) is 0 Å². The van der Waals surface area contributed by atoms with Crippen LogP contribution in [-0.4, -0.2) is 116 Å². The molecule has 11 heteroatoms. The second-order valence-electron chi connectivity index (χ2n) is 9.71. The van der Waals surface area contributed by atoms with Crippen LogP contribution in [0.3, 0.4) is 0 Å². The van der Waals surface area contributed by atoms with Gasteiger partial charge in [-0.05, 0) is 13.3 Å². The third-order valence-electron chi connectivity index (χ3n) is 6.79. The lowest BCUT2D eigenvalue weighted by Gasteiger charge is -2.46. The van der Waals surface area contributed by atoms with Crippen molar-refractivity contribution in [3.63, 3.8) is 0 Å². The van der Waals surface area contributed by atoms with Crippen LogP contribution in [0.4, 0.5) is 0 Å². The van der Waals surface area contributed by atoms with Crippen LogP contribution < -0.4 is 0 Å². The van der Waals surface area contributed by atoms with Crippen molar-refractivity contribution < 1.29 is 54.7 Å². The second-order valence-corrected chi connectivity index (χ2v) is 9.71. The Labute approximate surface area is 207 Å². The Bertz CT molecular complexity index is 564. The maximum Gasteiger partial charge on any atom is 0.187 e. The first-order valence-corrected chi connectivity index (χ1v) is 13.0. The van der Waals surface area contributed by atoms with E-state index >= 15 is 0 Å². The van der Waals surface area contributed by atoms with Crippen molar-refractivity contribution in [2.75, 3.05) is 13.2 Å². The fraction of sp³-hybridized carbons (Fsp3) is 1.00. The van der Waals surface area contributed by atoms with Crippen LogP contribution in [-0.2, 0) is 18.9 Å². The minimum Gasteiger partial charge on any atom is -0.394 e. The van der Waals surface area contributed by atoms with E-state index in [1.54, 1.807) is 0 Å². The summed E-state index contributed by atoms with van der Waals surface area (Å²) in [6.07, 6.45) is -4.40. The van der Waals surface area contributed by atoms with E-state index in [1.807, 2.05) is 6.92 Å². The van der Waals surface area contributed by atoms with E-state index in [4.69, 9.17) is 18.9 Å². The van der Waals surface area contributed by atoms with Gasteiger partial charge in [-0.25, -0.2) is 0 Å². The second kappa shape index (κ2) is 15.7. The zero-order valence-electron chi connectivity index (χ0n) is 20.9. The summed E-state index contributed by atoms with van der Waals surface area (Å²) in [4.78, 5) is 0. The number of unbranched alkanes of at least 4 members (excludes halogenated alkanes) is 7. The molecule has 2 fully saturated rings. The van der Waals surface area contributed by atoms with Gasteiger partial charge in [-0.1, -0.05) is 58.3 Å². The highest BCUT2D eigenvalue weighted by molar-refractivity contribution is 4.94. The predicted molar refractivity (Wildman–Crippen MR) is 124 cm³/mol. The number of hydrogen-bond acceptors (Lipinski definition) is 11. The Morgan fingerprint density at radius 3 is 1.80 bits per heavy atom. The lowest BCUT2D eigenvalue weighted by molar-refractivity contribution is -0.362. The van der Waals surface area contributed by atoms with Crippen molar-refractivity contribution in [1.82, 2.24) is 0 Å². The van der Waals surface area contributed by atoms with Crippen LogP contribution in [0.15, 0.2) is 0 Å². The summed E-state index contributed by atoms with van der Waals surface area (Å²) in [5, 5.41) is 70.4. The molecule has 0 spiro atoms. The Morgan fingerprint density at radius 1 is 0.657 bits per heavy atom. The monoisotopic (exact) mass is 510 g/mol. The van der Waals surface area contributed by atoms with Gasteiger partial charge in [0.1, 0.15) is 48.8 Å². The molecule has 0 aromatic carbocycles. The number of rotatable bonds is 15. The van der Waals surface area contributed by atoms with Gasteiger partial charge >= 0.3 is 0 Å². The molecule has 2 saturated heterocycles. The zero-order chi connectivity index (χ0) is 26.0. The van der Waals surface area contributed by atoms with Gasteiger partial charge in [0.05, 0.1) is 19.3 Å². The summed E-state index contributed by atoms with van der Waals surface area (Å²) in [7, 11) is 0. The molecular formula is C24H46O11. The lowest BCUT2D eigenvalue weighted by atomic mass is 9.97. The van der Waals surface area contributed by atoms with Crippen LogP contribution in [0.5, 0.6) is 0 Å². The summed E-state index contributed by atoms with van der Waals surface area (Å²) in [5.74, 6) is 0. The Hall–Kier alpha value is -0.440. The summed E-state index contributed by atoms with van der Waals surface area (Å²) < 4.78 is 22.3. The normalized spacial score (nSPS) is 39.0. The molecule has 208 valence electrons. The smallest absolute Gasteiger partial charge is 0.187 e. The summed E-state index contributed by atoms with van der Waals surface area (Å²) >= 11 is 0. The van der Waals surface area contributed by atoms with E-state index in [1.165, 1.54) is 38.5 Å². The van der Waals surface area contributed by atoms with Gasteiger partial charge in [-0.2, -0.15) is 0 Å². The van der Waals surface area contributed by atoms with Crippen LogP contribution in [0.1, 0.15) is 71.6 Å². The van der Waals surface area contributed by atoms with E-state index in [0.29, 0.717) is 0 Å². The van der Waals surface area contributed by atoms with Crippen LogP contribution in [0, 0.1) is 0 Å². The molecule has 0 bridgehead atoms. The molecule has 2 aliphatic rings. The molecule has 0 saturated carbocycles. The van der Waals surface area contributed by atoms with E-state index in [-0.39, 0.29) is 6.10 Å². The number of ether oxygens (including phenoxy) is 4. The molecule has 0 unspecified atom stereocenters. The van der Waals surface area contributed by atoms with Crippen molar-refractivity contribution in [2.45, 2.75) is 139 Å². The molecule has 0 radical (unpaired) electrons. The molecule has 11 nitrogen and oxygen atoms in total. The first kappa shape index (κ1) is 30.8. The topological polar surface area (TPSA) is 179 Å². The quantitative estimate of drug-likeness (QED) is 0.142. The predicted octanol–water partition coefficient (Wildman–Crippen LogP) is -0.454. The number of aliphatic hydroxyl groups excluding tert-OH is 7. The molecule has 2 rings (SSSR count). The summed E-state index contributed by atoms with van der Waals surface area (Å²) in [5.41, 5.74) is 0. The summed E-state index contributed by atoms with van der Waals surface area (Å²) in [6, 6.07) is 0. The van der Waals surface area contributed by atoms with E-state index in [2.05, 4.69) is 6.92 Å². The SMILES string of the molecule is CCCCCCCCCC[C@@H](C)O[C@@H]1O[C@H](CO)[C@@H](O[C@H]2O[C@H](CO)[C@@H](O)[C@H](O)[C@H]2O)[C@H](O)[C@H]1O. The maximum atomic E-state index is 10.7. The Balaban J connectivity index is 1.84. The molecule has 0 aromatic heterocycles. The first-order chi connectivity index (χ1) is 16.7. The Kier molecular flexibility index (Phi) is 13.8. The average molecular weight is 511 g/mol. The van der Waals surface area contributed by atoms with Gasteiger partial charge in [0, 0.05) is 0 Å². The largest absolute Gasteiger partial charge is 0.394 e. The number of aliphatic hydroxyl groups is 7. The average Bonchev–Trinajstić information content (AvgIpc) is 2.85. The van der Waals surface area contributed by atoms with E-state index in [9.17, 15) is 35.7 Å². The van der Waals surface area contributed by atoms with Crippen molar-refractivity contribution in [2.24, 2.45) is 0 Å². The Morgan fingerprint density at radius 2 is 1.20 bits per heavy atom. The highest BCUT2D eigenvalue weighted by Crippen LogP contribution is 2.30. The van der Waals surface area contributed by atoms with Crippen molar-refractivity contribution in [1.29, 1.82) is 0 Å². The third-order valence-corrected chi connectivity index (χ3v) is 6.79. The minimum absolute atomic E-state index is 0.246. The van der Waals surface area contributed by atoms with E-state index < -0.39 is 74.6 Å². The highest BCUT2D eigenvalue weighted by atomic mass is 16.7. The molecule has 2 heterocycles. The van der Waals surface area contributed by atoms with Crippen LogP contribution in [0.25, 0.3) is 0 Å². The molecule has 2 aliphatic heterocycles. The standard InChI is InChI=1S/C24H46O11/c1-3-4-5-6-7-8-9-10-11-14(2)32-23-21(31)19(29)22(16(13-26)34-23)35-24-20(30)18(28)17(27)15(12-25)33-24/h14-31H,3-13H2,1-2H3/t14-,15-,16-,17-,18+,19-,20-,21-,22-,23-,24-/m1/s1. The molecule has 0 amide bonds.